The Kier molecular flexibility index (Phi) is 57.7. The molecule has 0 fully saturated rings. The molecule has 0 bridgehead atoms. The van der Waals surface area contributed by atoms with Crippen LogP contribution < -0.4 is 0 Å². The van der Waals surface area contributed by atoms with E-state index in [-0.39, 0.29) is 0 Å². The van der Waals surface area contributed by atoms with Gasteiger partial charge < -0.3 is 10.2 Å². The third-order valence-corrected chi connectivity index (χ3v) is 15.2. The lowest BCUT2D eigenvalue weighted by atomic mass is 9.91. The van der Waals surface area contributed by atoms with Gasteiger partial charge in [0.1, 0.15) is 0 Å². The van der Waals surface area contributed by atoms with Crippen LogP contribution in [0.1, 0.15) is 373 Å². The van der Waals surface area contributed by atoms with Gasteiger partial charge in [-0.3, -0.25) is 4.79 Å². The number of hydrogen-bond acceptors (Lipinski definition) is 2. The third-order valence-electron chi connectivity index (χ3n) is 15.2. The Balaban J connectivity index is 3.38. The van der Waals surface area contributed by atoms with E-state index in [0.717, 1.165) is 25.7 Å². The van der Waals surface area contributed by atoms with Gasteiger partial charge in [-0.15, -0.1) is 0 Å². The number of hydrogen-bond donors (Lipinski definition) is 2. The van der Waals surface area contributed by atoms with Crippen LogP contribution in [0.2, 0.25) is 0 Å². The first-order valence-corrected chi connectivity index (χ1v) is 31.2. The van der Waals surface area contributed by atoms with E-state index >= 15 is 0 Å². The molecule has 2 unspecified atom stereocenters. The summed E-state index contributed by atoms with van der Waals surface area (Å²) in [5, 5.41) is 20.4. The average Bonchev–Trinajstić information content (AvgIpc) is 3.31. The molecule has 66 heavy (non-hydrogen) atoms. The number of carboxylic acids is 1. The van der Waals surface area contributed by atoms with Crippen molar-refractivity contribution < 1.29 is 15.0 Å². The van der Waals surface area contributed by atoms with Crippen LogP contribution in [0.4, 0.5) is 0 Å². The molecule has 3 heteroatoms. The summed E-state index contributed by atoms with van der Waals surface area (Å²) in [6.45, 7) is 4.60. The summed E-state index contributed by atoms with van der Waals surface area (Å²) in [4.78, 5) is 11.9. The Labute approximate surface area is 416 Å². The molecule has 2 atom stereocenters. The van der Waals surface area contributed by atoms with Gasteiger partial charge in [0.25, 0.3) is 0 Å². The van der Waals surface area contributed by atoms with Crippen LogP contribution in [0, 0.1) is 5.92 Å². The molecule has 0 saturated carbocycles. The van der Waals surface area contributed by atoms with Gasteiger partial charge in [-0.05, 0) is 38.5 Å². The fraction of sp³-hybridized carbons (Fsp3) is 0.952. The molecule has 3 nitrogen and oxygen atoms in total. The van der Waals surface area contributed by atoms with Gasteiger partial charge in [0, 0.05) is 0 Å². The average molecular weight is 930 g/mol. The second kappa shape index (κ2) is 58.5. The maximum atomic E-state index is 11.9. The van der Waals surface area contributed by atoms with E-state index < -0.39 is 18.0 Å². The van der Waals surface area contributed by atoms with Crippen LogP contribution in [0.5, 0.6) is 0 Å². The SMILES string of the molecule is CCCCCCCCCCCCCCCCCCCC/C=C\CCCCCCCCCCCCCCCCC(O)C(CCCCCCCCCCCCCCCCCCCCCC)C(=O)O. The lowest BCUT2D eigenvalue weighted by molar-refractivity contribution is -0.146. The Morgan fingerprint density at radius 3 is 0.682 bits per heavy atom. The first-order valence-electron chi connectivity index (χ1n) is 31.2. The first-order chi connectivity index (χ1) is 32.6. The number of aliphatic carboxylic acids is 1. The van der Waals surface area contributed by atoms with Crippen molar-refractivity contribution >= 4 is 5.97 Å². The number of allylic oxidation sites excluding steroid dienone is 2. The zero-order chi connectivity index (χ0) is 47.7. The first kappa shape index (κ1) is 65.2. The fourth-order valence-electron chi connectivity index (χ4n) is 10.4. The normalized spacial score (nSPS) is 12.8. The largest absolute Gasteiger partial charge is 0.481 e. The molecule has 0 rings (SSSR count). The fourth-order valence-corrected chi connectivity index (χ4v) is 10.4. The monoisotopic (exact) mass is 929 g/mol. The minimum absolute atomic E-state index is 0.583. The molecular formula is C63H124O3. The molecule has 2 N–H and O–H groups in total. The van der Waals surface area contributed by atoms with Crippen molar-refractivity contribution in [1.29, 1.82) is 0 Å². The molecule has 394 valence electrons. The van der Waals surface area contributed by atoms with Crippen molar-refractivity contribution in [2.75, 3.05) is 0 Å². The predicted octanol–water partition coefficient (Wildman–Crippen LogP) is 22.5. The highest BCUT2D eigenvalue weighted by molar-refractivity contribution is 5.70. The van der Waals surface area contributed by atoms with E-state index in [1.54, 1.807) is 0 Å². The molecule has 0 aliphatic carbocycles. The molecule has 0 aromatic rings. The number of carbonyl (C=O) groups is 1. The maximum Gasteiger partial charge on any atom is 0.309 e. The lowest BCUT2D eigenvalue weighted by Gasteiger charge is -2.19. The van der Waals surface area contributed by atoms with Crippen molar-refractivity contribution in [3.63, 3.8) is 0 Å². The smallest absolute Gasteiger partial charge is 0.309 e. The molecule has 0 aliphatic heterocycles. The zero-order valence-corrected chi connectivity index (χ0v) is 45.7. The van der Waals surface area contributed by atoms with Crippen LogP contribution in [-0.4, -0.2) is 22.3 Å². The Morgan fingerprint density at radius 1 is 0.288 bits per heavy atom. The van der Waals surface area contributed by atoms with Gasteiger partial charge in [0.15, 0.2) is 0 Å². The highest BCUT2D eigenvalue weighted by Crippen LogP contribution is 2.22. The second-order valence-corrected chi connectivity index (χ2v) is 21.8. The van der Waals surface area contributed by atoms with Crippen molar-refractivity contribution in [3.05, 3.63) is 12.2 Å². The van der Waals surface area contributed by atoms with Crippen LogP contribution in [0.3, 0.4) is 0 Å². The summed E-state index contributed by atoms with van der Waals surface area (Å²) in [7, 11) is 0. The van der Waals surface area contributed by atoms with E-state index in [1.807, 2.05) is 0 Å². The standard InChI is InChI=1S/C63H124O3/c1-3-5-7-9-11-13-15-17-19-21-23-25-26-27-28-29-30-31-32-33-34-35-36-37-38-39-40-42-44-46-48-50-52-54-56-58-60-62(64)61(63(65)66)59-57-55-53-51-49-47-45-43-41-24-22-20-18-16-14-12-10-8-6-4-2/h33-34,61-62,64H,3-32,35-60H2,1-2H3,(H,65,66)/b34-33-. The molecule has 0 amide bonds. The molecule has 0 aromatic heterocycles. The molecule has 0 radical (unpaired) electrons. The van der Waals surface area contributed by atoms with Crippen LogP contribution in [0.25, 0.3) is 0 Å². The van der Waals surface area contributed by atoms with Gasteiger partial charge in [0.2, 0.25) is 0 Å². The number of rotatable bonds is 59. The third kappa shape index (κ3) is 54.1. The van der Waals surface area contributed by atoms with E-state index in [2.05, 4.69) is 26.0 Å². The Bertz CT molecular complexity index is 913. The van der Waals surface area contributed by atoms with E-state index in [1.165, 1.54) is 321 Å². The van der Waals surface area contributed by atoms with Gasteiger partial charge in [-0.25, -0.2) is 0 Å². The molecule has 0 aromatic carbocycles. The van der Waals surface area contributed by atoms with Crippen molar-refractivity contribution in [1.82, 2.24) is 0 Å². The Morgan fingerprint density at radius 2 is 0.470 bits per heavy atom. The van der Waals surface area contributed by atoms with Gasteiger partial charge >= 0.3 is 5.97 Å². The summed E-state index contributed by atoms with van der Waals surface area (Å²) in [5.41, 5.74) is 0. The quantitative estimate of drug-likeness (QED) is 0.0472. The molecule has 0 heterocycles. The second-order valence-electron chi connectivity index (χ2n) is 21.8. The molecular weight excluding hydrogens is 805 g/mol. The van der Waals surface area contributed by atoms with Gasteiger partial charge in [-0.2, -0.15) is 0 Å². The molecule has 0 spiro atoms. The van der Waals surface area contributed by atoms with E-state index in [0.29, 0.717) is 12.8 Å². The summed E-state index contributed by atoms with van der Waals surface area (Å²) < 4.78 is 0. The van der Waals surface area contributed by atoms with Gasteiger partial charge in [-0.1, -0.05) is 347 Å². The van der Waals surface area contributed by atoms with Crippen molar-refractivity contribution in [2.24, 2.45) is 5.92 Å². The predicted molar refractivity (Wildman–Crippen MR) is 296 cm³/mol. The number of aliphatic hydroxyl groups excluding tert-OH is 1. The van der Waals surface area contributed by atoms with Crippen LogP contribution in [-0.2, 0) is 4.79 Å². The number of carboxylic acid groups (broad SMARTS) is 1. The van der Waals surface area contributed by atoms with Crippen molar-refractivity contribution in [3.8, 4) is 0 Å². The van der Waals surface area contributed by atoms with Crippen molar-refractivity contribution in [2.45, 2.75) is 380 Å². The van der Waals surface area contributed by atoms with E-state index in [9.17, 15) is 15.0 Å². The highest BCUT2D eigenvalue weighted by atomic mass is 16.4. The maximum absolute atomic E-state index is 11.9. The number of aliphatic hydroxyl groups is 1. The van der Waals surface area contributed by atoms with Crippen LogP contribution in [0.15, 0.2) is 12.2 Å². The Hall–Kier alpha value is -0.830. The van der Waals surface area contributed by atoms with Gasteiger partial charge in [0.05, 0.1) is 12.0 Å². The zero-order valence-electron chi connectivity index (χ0n) is 45.7. The number of unbranched alkanes of at least 4 members (excludes halogenated alkanes) is 51. The lowest BCUT2D eigenvalue weighted by Crippen LogP contribution is -2.28. The molecule has 0 saturated heterocycles. The topological polar surface area (TPSA) is 57.5 Å². The highest BCUT2D eigenvalue weighted by Gasteiger charge is 2.25. The molecule has 0 aliphatic rings. The minimum atomic E-state index is -0.802. The summed E-state index contributed by atoms with van der Waals surface area (Å²) in [5.74, 6) is -1.38. The summed E-state index contributed by atoms with van der Waals surface area (Å²) >= 11 is 0. The van der Waals surface area contributed by atoms with E-state index in [4.69, 9.17) is 0 Å². The van der Waals surface area contributed by atoms with Crippen LogP contribution >= 0.6 is 0 Å². The minimum Gasteiger partial charge on any atom is -0.481 e. The summed E-state index contributed by atoms with van der Waals surface area (Å²) in [6, 6.07) is 0. The summed E-state index contributed by atoms with van der Waals surface area (Å²) in [6.07, 6.45) is 79.8.